The average molecular weight is 362 g/mol. The molecular formula is C17H22N4O3S. The minimum Gasteiger partial charge on any atom is -0.380 e. The highest BCUT2D eigenvalue weighted by Gasteiger charge is 2.24. The van der Waals surface area contributed by atoms with Crippen molar-refractivity contribution >= 4 is 21.6 Å². The van der Waals surface area contributed by atoms with Crippen molar-refractivity contribution < 1.29 is 13.2 Å². The van der Waals surface area contributed by atoms with E-state index in [9.17, 15) is 13.2 Å². The van der Waals surface area contributed by atoms with Gasteiger partial charge >= 0.3 is 0 Å². The summed E-state index contributed by atoms with van der Waals surface area (Å²) < 4.78 is 27.9. The quantitative estimate of drug-likeness (QED) is 0.726. The molecule has 1 aromatic heterocycles. The Morgan fingerprint density at radius 3 is 2.52 bits per heavy atom. The van der Waals surface area contributed by atoms with Crippen molar-refractivity contribution in [3.8, 4) is 0 Å². The molecule has 0 radical (unpaired) electrons. The van der Waals surface area contributed by atoms with Crippen LogP contribution in [0.2, 0.25) is 0 Å². The van der Waals surface area contributed by atoms with Crippen LogP contribution in [0.3, 0.4) is 0 Å². The Hall–Kier alpha value is -2.45. The predicted octanol–water partition coefficient (Wildman–Crippen LogP) is 1.87. The van der Waals surface area contributed by atoms with E-state index >= 15 is 0 Å². The highest BCUT2D eigenvalue weighted by molar-refractivity contribution is 7.89. The smallest absolute Gasteiger partial charge is 0.252 e. The van der Waals surface area contributed by atoms with Crippen molar-refractivity contribution in [3.05, 3.63) is 53.9 Å². The number of carbonyl (C=O) groups excluding carboxylic acids is 1. The Labute approximate surface area is 147 Å². The minimum atomic E-state index is -3.67. The first kappa shape index (κ1) is 18.9. The van der Waals surface area contributed by atoms with E-state index in [-0.39, 0.29) is 17.0 Å². The number of nitrogens with one attached hydrogen (secondary N) is 2. The molecule has 7 nitrogen and oxygen atoms in total. The molecule has 1 aromatic carbocycles. The van der Waals surface area contributed by atoms with Crippen LogP contribution in [0.5, 0.6) is 0 Å². The van der Waals surface area contributed by atoms with Gasteiger partial charge in [0.15, 0.2) is 0 Å². The third-order valence-electron chi connectivity index (χ3n) is 3.26. The van der Waals surface area contributed by atoms with E-state index in [1.54, 1.807) is 51.1 Å². The van der Waals surface area contributed by atoms with Gasteiger partial charge < -0.3 is 11.1 Å². The minimum absolute atomic E-state index is 0.187. The van der Waals surface area contributed by atoms with E-state index in [1.165, 1.54) is 12.4 Å². The second kappa shape index (κ2) is 7.20. The maximum atomic E-state index is 12.6. The normalized spacial score (nSPS) is 12.0. The molecule has 1 heterocycles. The second-order valence-corrected chi connectivity index (χ2v) is 8.25. The lowest BCUT2D eigenvalue weighted by Crippen LogP contribution is -2.40. The number of sulfonamides is 1. The number of rotatable bonds is 6. The fourth-order valence-electron chi connectivity index (χ4n) is 2.31. The zero-order chi connectivity index (χ0) is 18.7. The van der Waals surface area contributed by atoms with Crippen molar-refractivity contribution in [2.24, 2.45) is 5.73 Å². The number of amides is 1. The molecule has 0 saturated heterocycles. The number of pyridine rings is 1. The molecule has 0 fully saturated rings. The summed E-state index contributed by atoms with van der Waals surface area (Å²) in [5.41, 5.74) is 6.05. The highest BCUT2D eigenvalue weighted by atomic mass is 32.2. The fraction of sp³-hybridized carbons (Fsp3) is 0.294. The SMILES string of the molecule is CC(C)(C)NS(=O)(=O)c1ccccc1CNc1ccncc1C(N)=O. The lowest BCUT2D eigenvalue weighted by molar-refractivity contribution is 0.100. The largest absolute Gasteiger partial charge is 0.380 e. The molecule has 134 valence electrons. The summed E-state index contributed by atoms with van der Waals surface area (Å²) in [5.74, 6) is -0.606. The van der Waals surface area contributed by atoms with Gasteiger partial charge in [0, 0.05) is 24.5 Å². The molecular weight excluding hydrogens is 340 g/mol. The number of benzene rings is 1. The monoisotopic (exact) mass is 362 g/mol. The van der Waals surface area contributed by atoms with Crippen LogP contribution in [0, 0.1) is 0 Å². The summed E-state index contributed by atoms with van der Waals surface area (Å²) in [5, 5.41) is 3.05. The molecule has 0 bridgehead atoms. The Morgan fingerprint density at radius 2 is 1.88 bits per heavy atom. The van der Waals surface area contributed by atoms with Crippen LogP contribution in [0.4, 0.5) is 5.69 Å². The first-order valence-electron chi connectivity index (χ1n) is 7.70. The topological polar surface area (TPSA) is 114 Å². The standard InChI is InChI=1S/C17H22N4O3S/c1-17(2,3)21-25(23,24)15-7-5-4-6-12(15)10-20-14-8-9-19-11-13(14)16(18)22/h4-9,11,21H,10H2,1-3H3,(H2,18,22)(H,19,20). The van der Waals surface area contributed by atoms with Gasteiger partial charge in [-0.1, -0.05) is 18.2 Å². The molecule has 0 unspecified atom stereocenters. The van der Waals surface area contributed by atoms with Crippen LogP contribution in [0.15, 0.2) is 47.6 Å². The molecule has 8 heteroatoms. The maximum Gasteiger partial charge on any atom is 0.252 e. The lowest BCUT2D eigenvalue weighted by Gasteiger charge is -2.22. The van der Waals surface area contributed by atoms with Crippen LogP contribution in [-0.2, 0) is 16.6 Å². The van der Waals surface area contributed by atoms with Crippen LogP contribution in [0.25, 0.3) is 0 Å². The molecule has 2 aromatic rings. The van der Waals surface area contributed by atoms with Crippen LogP contribution in [-0.4, -0.2) is 24.8 Å². The molecule has 0 aliphatic carbocycles. The van der Waals surface area contributed by atoms with Crippen molar-refractivity contribution in [1.29, 1.82) is 0 Å². The van der Waals surface area contributed by atoms with Crippen molar-refractivity contribution in [3.63, 3.8) is 0 Å². The molecule has 0 saturated carbocycles. The van der Waals surface area contributed by atoms with E-state index in [0.717, 1.165) is 0 Å². The van der Waals surface area contributed by atoms with Crippen molar-refractivity contribution in [1.82, 2.24) is 9.71 Å². The van der Waals surface area contributed by atoms with Crippen LogP contribution in [0.1, 0.15) is 36.7 Å². The number of anilines is 1. The molecule has 0 spiro atoms. The number of primary amides is 1. The van der Waals surface area contributed by atoms with E-state index in [2.05, 4.69) is 15.0 Å². The van der Waals surface area contributed by atoms with Crippen LogP contribution < -0.4 is 15.8 Å². The number of nitrogens with two attached hydrogens (primary N) is 1. The molecule has 25 heavy (non-hydrogen) atoms. The zero-order valence-corrected chi connectivity index (χ0v) is 15.2. The van der Waals surface area contributed by atoms with E-state index in [0.29, 0.717) is 11.3 Å². The third kappa shape index (κ3) is 5.01. The predicted molar refractivity (Wildman–Crippen MR) is 96.6 cm³/mol. The van der Waals surface area contributed by atoms with Gasteiger partial charge in [0.1, 0.15) is 0 Å². The Bertz CT molecular complexity index is 873. The van der Waals surface area contributed by atoms with Crippen molar-refractivity contribution in [2.45, 2.75) is 37.8 Å². The summed E-state index contributed by atoms with van der Waals surface area (Å²) >= 11 is 0. The molecule has 2 rings (SSSR count). The first-order chi connectivity index (χ1) is 11.6. The number of carbonyl (C=O) groups is 1. The lowest BCUT2D eigenvalue weighted by atomic mass is 10.1. The highest BCUT2D eigenvalue weighted by Crippen LogP contribution is 2.20. The van der Waals surface area contributed by atoms with Gasteiger partial charge in [-0.2, -0.15) is 0 Å². The van der Waals surface area contributed by atoms with Gasteiger partial charge in [-0.25, -0.2) is 13.1 Å². The zero-order valence-electron chi connectivity index (χ0n) is 14.4. The molecule has 0 aliphatic heterocycles. The van der Waals surface area contributed by atoms with Gasteiger partial charge in [-0.05, 0) is 38.5 Å². The third-order valence-corrected chi connectivity index (χ3v) is 5.12. The molecule has 1 amide bonds. The van der Waals surface area contributed by atoms with Gasteiger partial charge in [-0.3, -0.25) is 9.78 Å². The van der Waals surface area contributed by atoms with Crippen LogP contribution >= 0.6 is 0 Å². The molecule has 4 N–H and O–H groups in total. The number of hydrogen-bond acceptors (Lipinski definition) is 5. The number of nitrogens with zero attached hydrogens (tertiary/aromatic N) is 1. The van der Waals surface area contributed by atoms with Gasteiger partial charge in [-0.15, -0.1) is 0 Å². The summed E-state index contributed by atoms with van der Waals surface area (Å²) in [6.45, 7) is 5.55. The summed E-state index contributed by atoms with van der Waals surface area (Å²) in [7, 11) is -3.67. The number of aromatic nitrogens is 1. The van der Waals surface area contributed by atoms with Gasteiger partial charge in [0.05, 0.1) is 16.1 Å². The molecule has 0 atom stereocenters. The van der Waals surface area contributed by atoms with Gasteiger partial charge in [0.2, 0.25) is 10.0 Å². The fourth-order valence-corrected chi connectivity index (χ4v) is 3.96. The first-order valence-corrected chi connectivity index (χ1v) is 9.18. The maximum absolute atomic E-state index is 12.6. The summed E-state index contributed by atoms with van der Waals surface area (Å²) in [4.78, 5) is 15.5. The van der Waals surface area contributed by atoms with Gasteiger partial charge in [0.25, 0.3) is 5.91 Å². The van der Waals surface area contributed by atoms with Crippen molar-refractivity contribution in [2.75, 3.05) is 5.32 Å². The van der Waals surface area contributed by atoms with E-state index in [4.69, 9.17) is 5.73 Å². The molecule has 0 aliphatic rings. The average Bonchev–Trinajstić information content (AvgIpc) is 2.51. The summed E-state index contributed by atoms with van der Waals surface area (Å²) in [6, 6.07) is 8.31. The van der Waals surface area contributed by atoms with E-state index < -0.39 is 21.5 Å². The second-order valence-electron chi connectivity index (χ2n) is 6.60. The summed E-state index contributed by atoms with van der Waals surface area (Å²) in [6.07, 6.45) is 2.90. The van der Waals surface area contributed by atoms with E-state index in [1.807, 2.05) is 0 Å². The Kier molecular flexibility index (Phi) is 5.44. The Morgan fingerprint density at radius 1 is 1.20 bits per heavy atom. The Balaban J connectivity index is 2.30. The number of hydrogen-bond donors (Lipinski definition) is 3.